The molecule has 2 bridgehead atoms. The van der Waals surface area contributed by atoms with Crippen LogP contribution in [-0.4, -0.2) is 41.0 Å². The van der Waals surface area contributed by atoms with E-state index in [4.69, 9.17) is 11.6 Å². The summed E-state index contributed by atoms with van der Waals surface area (Å²) in [5.41, 5.74) is 0.522. The zero-order chi connectivity index (χ0) is 13.0. The minimum Gasteiger partial charge on any atom is -0.331 e. The third-order valence-corrected chi connectivity index (χ3v) is 5.18. The van der Waals surface area contributed by atoms with Crippen LogP contribution >= 0.6 is 24.0 Å². The van der Waals surface area contributed by atoms with Crippen molar-refractivity contribution in [2.45, 2.75) is 24.9 Å². The van der Waals surface area contributed by atoms with Crippen molar-refractivity contribution in [1.82, 2.24) is 15.2 Å². The predicted octanol–water partition coefficient (Wildman–Crippen LogP) is 1.98. The lowest BCUT2D eigenvalue weighted by Crippen LogP contribution is -2.39. The fourth-order valence-electron chi connectivity index (χ4n) is 4.20. The number of nitrogens with zero attached hydrogens (tertiary/aromatic N) is 2. The first-order valence-electron chi connectivity index (χ1n) is 6.90. The molecule has 20 heavy (non-hydrogen) atoms. The van der Waals surface area contributed by atoms with E-state index in [1.807, 2.05) is 0 Å². The van der Waals surface area contributed by atoms with E-state index < -0.39 is 0 Å². The van der Waals surface area contributed by atoms with E-state index >= 15 is 0 Å². The topological polar surface area (TPSA) is 45.2 Å². The molecular weight excluding hydrogens is 297 g/mol. The van der Waals surface area contributed by atoms with Gasteiger partial charge in [-0.05, 0) is 36.8 Å². The number of hydrogen-bond acceptors (Lipinski definition) is 3. The Morgan fingerprint density at radius 2 is 1.90 bits per heavy atom. The van der Waals surface area contributed by atoms with E-state index in [1.54, 1.807) is 18.3 Å². The Hall–Kier alpha value is -0.840. The van der Waals surface area contributed by atoms with E-state index in [0.717, 1.165) is 25.9 Å². The molecule has 0 spiro atoms. The monoisotopic (exact) mass is 313 g/mol. The summed E-state index contributed by atoms with van der Waals surface area (Å²) in [5, 5.41) is 4.03. The number of hydrogen-bond donors (Lipinski definition) is 1. The van der Waals surface area contributed by atoms with Crippen LogP contribution in [0.1, 0.15) is 23.3 Å². The maximum atomic E-state index is 12.7. The zero-order valence-corrected chi connectivity index (χ0v) is 12.5. The molecule has 1 aromatic heterocycles. The van der Waals surface area contributed by atoms with Gasteiger partial charge in [0.25, 0.3) is 5.91 Å². The van der Waals surface area contributed by atoms with Gasteiger partial charge in [0.15, 0.2) is 0 Å². The van der Waals surface area contributed by atoms with Gasteiger partial charge in [-0.2, -0.15) is 0 Å². The first kappa shape index (κ1) is 14.1. The average Bonchev–Trinajstić information content (AvgIpc) is 3.10. The Labute approximate surface area is 129 Å². The lowest BCUT2D eigenvalue weighted by molar-refractivity contribution is 0.0703. The summed E-state index contributed by atoms with van der Waals surface area (Å²) < 4.78 is 0. The molecule has 3 aliphatic heterocycles. The quantitative estimate of drug-likeness (QED) is 0.862. The number of aromatic nitrogens is 1. The minimum absolute atomic E-state index is 0. The van der Waals surface area contributed by atoms with Crippen LogP contribution in [0.5, 0.6) is 0 Å². The largest absolute Gasteiger partial charge is 0.331 e. The maximum Gasteiger partial charge on any atom is 0.272 e. The highest BCUT2D eigenvalue weighted by Gasteiger charge is 2.56. The van der Waals surface area contributed by atoms with E-state index in [-0.39, 0.29) is 18.3 Å². The molecule has 1 aromatic rings. The smallest absolute Gasteiger partial charge is 0.272 e. The van der Waals surface area contributed by atoms with Gasteiger partial charge in [0.1, 0.15) is 5.69 Å². The van der Waals surface area contributed by atoms with Crippen molar-refractivity contribution in [2.24, 2.45) is 11.8 Å². The third kappa shape index (κ3) is 1.93. The van der Waals surface area contributed by atoms with Crippen molar-refractivity contribution in [3.8, 4) is 0 Å². The highest BCUT2D eigenvalue weighted by molar-refractivity contribution is 6.30. The maximum absolute atomic E-state index is 12.7. The molecule has 4 rings (SSSR count). The highest BCUT2D eigenvalue weighted by atomic mass is 35.5. The van der Waals surface area contributed by atoms with Gasteiger partial charge in [0.05, 0.1) is 5.02 Å². The molecule has 0 unspecified atom stereocenters. The van der Waals surface area contributed by atoms with Crippen molar-refractivity contribution >= 4 is 29.9 Å². The number of nitrogens with one attached hydrogen (secondary N) is 1. The van der Waals surface area contributed by atoms with Gasteiger partial charge in [-0.3, -0.25) is 4.79 Å². The first-order valence-corrected chi connectivity index (χ1v) is 7.28. The molecule has 4 nitrogen and oxygen atoms in total. The fourth-order valence-corrected chi connectivity index (χ4v) is 4.32. The number of amides is 1. The number of halogens is 2. The van der Waals surface area contributed by atoms with Crippen LogP contribution < -0.4 is 5.32 Å². The number of fused-ring (bicyclic) bond motifs is 5. The van der Waals surface area contributed by atoms with E-state index in [1.165, 1.54) is 0 Å². The van der Waals surface area contributed by atoms with Crippen LogP contribution in [-0.2, 0) is 0 Å². The number of carbonyl (C=O) groups is 1. The zero-order valence-electron chi connectivity index (χ0n) is 11.0. The standard InChI is InChI=1S/C14H16ClN3O.ClH/c15-8-1-2-11(17-5-8)14(19)18-12-3-4-13(18)10-7-16-6-9(10)12;/h1-2,5,9-10,12-13,16H,3-4,6-7H2;1H/t9-,10+,12-,13+;. The second-order valence-electron chi connectivity index (χ2n) is 5.77. The first-order chi connectivity index (χ1) is 9.25. The number of pyridine rings is 1. The molecule has 0 aliphatic carbocycles. The summed E-state index contributed by atoms with van der Waals surface area (Å²) >= 11 is 5.83. The molecule has 3 aliphatic rings. The Morgan fingerprint density at radius 3 is 2.45 bits per heavy atom. The Kier molecular flexibility index (Phi) is 3.65. The molecule has 3 saturated heterocycles. The van der Waals surface area contributed by atoms with Gasteiger partial charge in [-0.15, -0.1) is 12.4 Å². The summed E-state index contributed by atoms with van der Waals surface area (Å²) in [4.78, 5) is 18.9. The van der Waals surface area contributed by atoms with Crippen LogP contribution in [0.25, 0.3) is 0 Å². The van der Waals surface area contributed by atoms with Crippen molar-refractivity contribution < 1.29 is 4.79 Å². The summed E-state index contributed by atoms with van der Waals surface area (Å²) in [6.07, 6.45) is 3.84. The fraction of sp³-hybridized carbons (Fsp3) is 0.571. The van der Waals surface area contributed by atoms with Gasteiger partial charge in [0.2, 0.25) is 0 Å². The molecule has 1 amide bonds. The molecule has 0 aromatic carbocycles. The lowest BCUT2D eigenvalue weighted by atomic mass is 9.82. The van der Waals surface area contributed by atoms with Crippen LogP contribution in [0, 0.1) is 11.8 Å². The van der Waals surface area contributed by atoms with Crippen LogP contribution in [0.4, 0.5) is 0 Å². The molecule has 4 heterocycles. The summed E-state index contributed by atoms with van der Waals surface area (Å²) in [7, 11) is 0. The minimum atomic E-state index is 0. The molecule has 1 N–H and O–H groups in total. The van der Waals surface area contributed by atoms with Crippen LogP contribution in [0.15, 0.2) is 18.3 Å². The second-order valence-corrected chi connectivity index (χ2v) is 6.21. The number of carbonyl (C=O) groups excluding carboxylic acids is 1. The van der Waals surface area contributed by atoms with Gasteiger partial charge >= 0.3 is 0 Å². The molecule has 0 saturated carbocycles. The van der Waals surface area contributed by atoms with Crippen LogP contribution in [0.2, 0.25) is 5.02 Å². The van der Waals surface area contributed by atoms with Crippen molar-refractivity contribution in [1.29, 1.82) is 0 Å². The van der Waals surface area contributed by atoms with Crippen molar-refractivity contribution in [3.05, 3.63) is 29.0 Å². The lowest BCUT2D eigenvalue weighted by Gasteiger charge is -2.24. The van der Waals surface area contributed by atoms with Gasteiger partial charge in [0, 0.05) is 31.4 Å². The SMILES string of the molecule is Cl.O=C(c1ccc(Cl)cn1)N1[C@@H]2CC[C@H]1[C@H]1CNC[C@H]12. The van der Waals surface area contributed by atoms with Gasteiger partial charge in [-0.1, -0.05) is 11.6 Å². The van der Waals surface area contributed by atoms with Gasteiger partial charge < -0.3 is 10.2 Å². The van der Waals surface area contributed by atoms with Gasteiger partial charge in [-0.25, -0.2) is 4.98 Å². The molecule has 4 atom stereocenters. The number of rotatable bonds is 1. The van der Waals surface area contributed by atoms with E-state index in [9.17, 15) is 4.79 Å². The predicted molar refractivity (Wildman–Crippen MR) is 79.3 cm³/mol. The molecule has 3 fully saturated rings. The van der Waals surface area contributed by atoms with Crippen molar-refractivity contribution in [3.63, 3.8) is 0 Å². The third-order valence-electron chi connectivity index (χ3n) is 4.95. The Morgan fingerprint density at radius 1 is 1.25 bits per heavy atom. The molecule has 108 valence electrons. The Bertz CT molecular complexity index is 504. The average molecular weight is 314 g/mol. The summed E-state index contributed by atoms with van der Waals surface area (Å²) in [5.74, 6) is 1.38. The summed E-state index contributed by atoms with van der Waals surface area (Å²) in [6.45, 7) is 2.12. The summed E-state index contributed by atoms with van der Waals surface area (Å²) in [6, 6.07) is 4.29. The molecule has 0 radical (unpaired) electrons. The van der Waals surface area contributed by atoms with E-state index in [2.05, 4.69) is 15.2 Å². The second kappa shape index (κ2) is 5.17. The highest BCUT2D eigenvalue weighted by Crippen LogP contribution is 2.47. The normalized spacial score (nSPS) is 34.0. The Balaban J connectivity index is 0.00000121. The van der Waals surface area contributed by atoms with Crippen LogP contribution in [0.3, 0.4) is 0 Å². The van der Waals surface area contributed by atoms with Crippen molar-refractivity contribution in [2.75, 3.05) is 13.1 Å². The van der Waals surface area contributed by atoms with E-state index in [0.29, 0.717) is 34.6 Å². The molecular formula is C14H17Cl2N3O. The molecule has 6 heteroatoms.